The highest BCUT2D eigenvalue weighted by Crippen LogP contribution is 2.25. The maximum Gasteiger partial charge on any atom is 0.277 e. The third-order valence-electron chi connectivity index (χ3n) is 2.33. The van der Waals surface area contributed by atoms with E-state index in [9.17, 15) is 0 Å². The van der Waals surface area contributed by atoms with Crippen molar-refractivity contribution in [2.45, 2.75) is 17.9 Å². The molecule has 0 unspecified atom stereocenters. The molecule has 6 nitrogen and oxygen atoms in total. The van der Waals surface area contributed by atoms with Crippen LogP contribution in [0.1, 0.15) is 11.5 Å². The van der Waals surface area contributed by atoms with Crippen molar-refractivity contribution in [3.05, 3.63) is 42.0 Å². The van der Waals surface area contributed by atoms with Crippen LogP contribution < -0.4 is 0 Å². The molecule has 7 heteroatoms. The molecule has 19 heavy (non-hydrogen) atoms. The van der Waals surface area contributed by atoms with Crippen LogP contribution in [0.4, 0.5) is 0 Å². The molecule has 0 saturated carbocycles. The van der Waals surface area contributed by atoms with Gasteiger partial charge in [0.2, 0.25) is 5.89 Å². The van der Waals surface area contributed by atoms with E-state index in [2.05, 4.69) is 20.3 Å². The maximum atomic E-state index is 5.54. The summed E-state index contributed by atoms with van der Waals surface area (Å²) in [6.45, 7) is 1.88. The van der Waals surface area contributed by atoms with Crippen LogP contribution >= 0.6 is 11.8 Å². The predicted molar refractivity (Wildman–Crippen MR) is 68.3 cm³/mol. The van der Waals surface area contributed by atoms with E-state index in [4.69, 9.17) is 8.94 Å². The van der Waals surface area contributed by atoms with Crippen molar-refractivity contribution < 1.29 is 8.94 Å². The Kier molecular flexibility index (Phi) is 3.28. The summed E-state index contributed by atoms with van der Waals surface area (Å²) in [7, 11) is 0. The Morgan fingerprint density at radius 1 is 1.32 bits per heavy atom. The van der Waals surface area contributed by atoms with Crippen LogP contribution in [0.25, 0.3) is 11.5 Å². The van der Waals surface area contributed by atoms with E-state index < -0.39 is 0 Å². The minimum absolute atomic E-state index is 0.462. The molecule has 0 aliphatic heterocycles. The highest BCUT2D eigenvalue weighted by Gasteiger charge is 2.10. The number of pyridine rings is 1. The van der Waals surface area contributed by atoms with Crippen LogP contribution in [-0.2, 0) is 5.75 Å². The van der Waals surface area contributed by atoms with Crippen LogP contribution in [0.3, 0.4) is 0 Å². The van der Waals surface area contributed by atoms with Crippen molar-refractivity contribution in [3.63, 3.8) is 0 Å². The zero-order valence-corrected chi connectivity index (χ0v) is 10.9. The Bertz CT molecular complexity index is 665. The Balaban J connectivity index is 1.68. The van der Waals surface area contributed by atoms with Gasteiger partial charge in [-0.05, 0) is 19.1 Å². The summed E-state index contributed by atoms with van der Waals surface area (Å²) >= 11 is 1.41. The lowest BCUT2D eigenvalue weighted by molar-refractivity contribution is 0.390. The van der Waals surface area contributed by atoms with Gasteiger partial charge < -0.3 is 8.94 Å². The van der Waals surface area contributed by atoms with Gasteiger partial charge in [0.15, 0.2) is 0 Å². The average molecular weight is 274 g/mol. The highest BCUT2D eigenvalue weighted by molar-refractivity contribution is 7.98. The zero-order valence-electron chi connectivity index (χ0n) is 10.1. The molecule has 0 aliphatic rings. The maximum absolute atomic E-state index is 5.54. The molecular weight excluding hydrogens is 264 g/mol. The Labute approximate surface area is 113 Å². The predicted octanol–water partition coefficient (Wildman–Crippen LogP) is 2.72. The van der Waals surface area contributed by atoms with Gasteiger partial charge in [-0.15, -0.1) is 10.2 Å². The normalized spacial score (nSPS) is 10.8. The third-order valence-corrected chi connectivity index (χ3v) is 3.17. The molecule has 0 aromatic carbocycles. The first-order valence-corrected chi connectivity index (χ1v) is 6.59. The smallest absolute Gasteiger partial charge is 0.277 e. The lowest BCUT2D eigenvalue weighted by atomic mass is 10.3. The summed E-state index contributed by atoms with van der Waals surface area (Å²) in [5, 5.41) is 12.3. The van der Waals surface area contributed by atoms with Crippen LogP contribution in [0.5, 0.6) is 0 Å². The van der Waals surface area contributed by atoms with Crippen molar-refractivity contribution >= 4 is 11.8 Å². The van der Waals surface area contributed by atoms with Gasteiger partial charge in [0, 0.05) is 18.5 Å². The standard InChI is InChI=1S/C12H10N4O2S/c1-8-5-10(18-16-8)7-19-12-15-14-11(17-12)9-3-2-4-13-6-9/h2-6H,7H2,1H3. The second-order valence-corrected chi connectivity index (χ2v) is 4.76. The highest BCUT2D eigenvalue weighted by atomic mass is 32.2. The van der Waals surface area contributed by atoms with Gasteiger partial charge in [0.1, 0.15) is 5.76 Å². The van der Waals surface area contributed by atoms with Gasteiger partial charge in [-0.2, -0.15) is 0 Å². The Morgan fingerprint density at radius 3 is 3.00 bits per heavy atom. The van der Waals surface area contributed by atoms with Crippen LogP contribution in [0.15, 0.2) is 44.8 Å². The summed E-state index contributed by atoms with van der Waals surface area (Å²) in [6.07, 6.45) is 3.38. The minimum atomic E-state index is 0.462. The van der Waals surface area contributed by atoms with Crippen LogP contribution in [0, 0.1) is 6.92 Å². The minimum Gasteiger partial charge on any atom is -0.411 e. The van der Waals surface area contributed by atoms with Crippen molar-refractivity contribution in [2.75, 3.05) is 0 Å². The Morgan fingerprint density at radius 2 is 2.26 bits per heavy atom. The number of nitrogens with zero attached hydrogens (tertiary/aromatic N) is 4. The summed E-state index contributed by atoms with van der Waals surface area (Å²) in [5.74, 6) is 1.85. The lowest BCUT2D eigenvalue weighted by Gasteiger charge is -1.92. The first-order chi connectivity index (χ1) is 9.31. The topological polar surface area (TPSA) is 77.8 Å². The second kappa shape index (κ2) is 5.23. The van der Waals surface area contributed by atoms with E-state index in [1.807, 2.05) is 25.1 Å². The molecule has 0 N–H and O–H groups in total. The summed E-state index contributed by atoms with van der Waals surface area (Å²) in [5.41, 5.74) is 1.66. The molecule has 0 spiro atoms. The van der Waals surface area contributed by atoms with E-state index in [0.29, 0.717) is 16.9 Å². The molecule has 0 atom stereocenters. The van der Waals surface area contributed by atoms with E-state index in [1.54, 1.807) is 12.4 Å². The largest absolute Gasteiger partial charge is 0.411 e. The van der Waals surface area contributed by atoms with E-state index >= 15 is 0 Å². The number of rotatable bonds is 4. The molecule has 3 heterocycles. The van der Waals surface area contributed by atoms with Crippen molar-refractivity contribution in [2.24, 2.45) is 0 Å². The van der Waals surface area contributed by atoms with Gasteiger partial charge >= 0.3 is 0 Å². The average Bonchev–Trinajstić information content (AvgIpc) is 3.06. The fraction of sp³-hybridized carbons (Fsp3) is 0.167. The molecule has 3 aromatic heterocycles. The van der Waals surface area contributed by atoms with Crippen molar-refractivity contribution in [1.82, 2.24) is 20.3 Å². The monoisotopic (exact) mass is 274 g/mol. The first kappa shape index (κ1) is 11.9. The zero-order chi connectivity index (χ0) is 13.1. The molecular formula is C12H10N4O2S. The summed E-state index contributed by atoms with van der Waals surface area (Å²) < 4.78 is 10.6. The number of hydrogen-bond donors (Lipinski definition) is 0. The third kappa shape index (κ3) is 2.82. The molecule has 3 aromatic rings. The fourth-order valence-corrected chi connectivity index (χ4v) is 2.13. The van der Waals surface area contributed by atoms with Crippen LogP contribution in [0.2, 0.25) is 0 Å². The first-order valence-electron chi connectivity index (χ1n) is 5.60. The lowest BCUT2D eigenvalue weighted by Crippen LogP contribution is -1.78. The van der Waals surface area contributed by atoms with Crippen molar-refractivity contribution in [3.8, 4) is 11.5 Å². The number of hydrogen-bond acceptors (Lipinski definition) is 7. The molecule has 0 saturated heterocycles. The molecule has 0 bridgehead atoms. The molecule has 0 amide bonds. The molecule has 0 fully saturated rings. The van der Waals surface area contributed by atoms with Gasteiger partial charge in [0.05, 0.1) is 17.0 Å². The number of aryl methyl sites for hydroxylation is 1. The van der Waals surface area contributed by atoms with E-state index in [-0.39, 0.29) is 0 Å². The summed E-state index contributed by atoms with van der Waals surface area (Å²) in [6, 6.07) is 5.57. The fourth-order valence-electron chi connectivity index (χ4n) is 1.49. The summed E-state index contributed by atoms with van der Waals surface area (Å²) in [4.78, 5) is 4.01. The van der Waals surface area contributed by atoms with Gasteiger partial charge in [-0.1, -0.05) is 16.9 Å². The Hall–Kier alpha value is -2.15. The van der Waals surface area contributed by atoms with E-state index in [0.717, 1.165) is 17.0 Å². The van der Waals surface area contributed by atoms with Gasteiger partial charge in [-0.25, -0.2) is 0 Å². The molecule has 96 valence electrons. The SMILES string of the molecule is Cc1cc(CSc2nnc(-c3cccnc3)o2)on1. The molecule has 3 rings (SSSR count). The molecule has 0 radical (unpaired) electrons. The van der Waals surface area contributed by atoms with E-state index in [1.165, 1.54) is 11.8 Å². The van der Waals surface area contributed by atoms with Crippen molar-refractivity contribution in [1.29, 1.82) is 0 Å². The quantitative estimate of drug-likeness (QED) is 0.677. The number of thioether (sulfide) groups is 1. The van der Waals surface area contributed by atoms with Gasteiger partial charge in [0.25, 0.3) is 5.22 Å². The number of aromatic nitrogens is 4. The molecule has 0 aliphatic carbocycles. The van der Waals surface area contributed by atoms with Gasteiger partial charge in [-0.3, -0.25) is 4.98 Å². The van der Waals surface area contributed by atoms with Crippen LogP contribution in [-0.4, -0.2) is 20.3 Å². The second-order valence-electron chi connectivity index (χ2n) is 3.84.